The van der Waals surface area contributed by atoms with Gasteiger partial charge in [0.15, 0.2) is 0 Å². The van der Waals surface area contributed by atoms with Crippen LogP contribution < -0.4 is 16.0 Å². The van der Waals surface area contributed by atoms with Crippen LogP contribution in [0.25, 0.3) is 0 Å². The van der Waals surface area contributed by atoms with E-state index >= 15 is 0 Å². The Bertz CT molecular complexity index is 1070. The lowest BCUT2D eigenvalue weighted by Gasteiger charge is -2.18. The van der Waals surface area contributed by atoms with Crippen molar-refractivity contribution < 1.29 is 58.8 Å². The summed E-state index contributed by atoms with van der Waals surface area (Å²) in [6.07, 6.45) is 13.2. The molecule has 7 N–H and O–H groups in total. The van der Waals surface area contributed by atoms with Gasteiger partial charge >= 0.3 is 23.9 Å². The van der Waals surface area contributed by atoms with E-state index in [0.717, 1.165) is 57.8 Å². The second-order valence-electron chi connectivity index (χ2n) is 12.5. The molecule has 280 valence electrons. The smallest absolute Gasteiger partial charge is 0.326 e. The Kier molecular flexibility index (Phi) is 25.6. The molecule has 0 fully saturated rings. The van der Waals surface area contributed by atoms with Crippen molar-refractivity contribution in [2.75, 3.05) is 0 Å². The van der Waals surface area contributed by atoms with Gasteiger partial charge in [-0.05, 0) is 39.0 Å². The van der Waals surface area contributed by atoms with E-state index in [1.807, 2.05) is 0 Å². The molecule has 0 aromatic carbocycles. The molecule has 0 aliphatic heterocycles. The molecule has 0 heterocycles. The molecule has 3 atom stereocenters. The summed E-state index contributed by atoms with van der Waals surface area (Å²) in [5, 5.41) is 43.6. The lowest BCUT2D eigenvalue weighted by molar-refractivity contribution is -0.144. The van der Waals surface area contributed by atoms with Gasteiger partial charge in [-0.3, -0.25) is 19.2 Å². The molecule has 0 saturated heterocycles. The number of amides is 3. The van der Waals surface area contributed by atoms with Crippen LogP contribution in [-0.4, -0.2) is 85.9 Å². The van der Waals surface area contributed by atoms with Crippen molar-refractivity contribution in [2.24, 2.45) is 0 Å². The monoisotopic (exact) mass is 699 g/mol. The van der Waals surface area contributed by atoms with E-state index in [4.69, 9.17) is 5.11 Å². The fourth-order valence-electron chi connectivity index (χ4n) is 5.15. The lowest BCUT2D eigenvalue weighted by atomic mass is 10.0. The van der Waals surface area contributed by atoms with Crippen LogP contribution in [0.5, 0.6) is 0 Å². The van der Waals surface area contributed by atoms with E-state index in [2.05, 4.69) is 16.0 Å². The average molecular weight is 700 g/mol. The van der Waals surface area contributed by atoms with Gasteiger partial charge in [0, 0.05) is 32.1 Å². The first-order valence-corrected chi connectivity index (χ1v) is 17.5. The topological polar surface area (TPSA) is 254 Å². The van der Waals surface area contributed by atoms with Crippen molar-refractivity contribution in [1.82, 2.24) is 16.0 Å². The minimum absolute atomic E-state index is 0.0621. The molecule has 0 aromatic heterocycles. The maximum atomic E-state index is 12.4. The van der Waals surface area contributed by atoms with Crippen molar-refractivity contribution >= 4 is 47.4 Å². The van der Waals surface area contributed by atoms with Gasteiger partial charge in [-0.15, -0.1) is 0 Å². The predicted molar refractivity (Wildman–Crippen MR) is 179 cm³/mol. The van der Waals surface area contributed by atoms with Crippen molar-refractivity contribution in [3.8, 4) is 0 Å². The van der Waals surface area contributed by atoms with E-state index in [0.29, 0.717) is 6.42 Å². The van der Waals surface area contributed by atoms with Gasteiger partial charge in [0.25, 0.3) is 0 Å². The normalized spacial score (nSPS) is 12.7. The predicted octanol–water partition coefficient (Wildman–Crippen LogP) is 3.95. The number of carboxylic acid groups (broad SMARTS) is 4. The molecule has 0 rings (SSSR count). The fourth-order valence-corrected chi connectivity index (χ4v) is 5.15. The van der Waals surface area contributed by atoms with Crippen LogP contribution in [0.1, 0.15) is 148 Å². The molecule has 0 bridgehead atoms. The zero-order valence-corrected chi connectivity index (χ0v) is 28.8. The third-order valence-corrected chi connectivity index (χ3v) is 8.05. The quantitative estimate of drug-likeness (QED) is 0.0493. The summed E-state index contributed by atoms with van der Waals surface area (Å²) in [7, 11) is 0. The van der Waals surface area contributed by atoms with Gasteiger partial charge < -0.3 is 41.2 Å². The fraction of sp³-hybridized carbons (Fsp3) is 0.765. The highest BCUT2D eigenvalue weighted by molar-refractivity contribution is 5.87. The third kappa shape index (κ3) is 26.6. The zero-order valence-electron chi connectivity index (χ0n) is 28.8. The number of carbonyl (C=O) groups is 8. The highest BCUT2D eigenvalue weighted by atomic mass is 16.4. The minimum Gasteiger partial charge on any atom is -0.481 e. The van der Waals surface area contributed by atoms with E-state index in [1.54, 1.807) is 0 Å². The van der Waals surface area contributed by atoms with Crippen molar-refractivity contribution in [3.05, 3.63) is 0 Å². The Balaban J connectivity index is 4.21. The first-order chi connectivity index (χ1) is 23.2. The highest BCUT2D eigenvalue weighted by Gasteiger charge is 2.26. The van der Waals surface area contributed by atoms with Crippen LogP contribution in [0.3, 0.4) is 0 Å². The molecule has 0 saturated carbocycles. The molecule has 0 spiro atoms. The molecule has 0 aliphatic rings. The van der Waals surface area contributed by atoms with Gasteiger partial charge in [-0.1, -0.05) is 77.0 Å². The minimum atomic E-state index is -1.49. The maximum Gasteiger partial charge on any atom is 0.326 e. The summed E-state index contributed by atoms with van der Waals surface area (Å²) in [5.41, 5.74) is 0. The van der Waals surface area contributed by atoms with Crippen LogP contribution in [0.4, 0.5) is 0 Å². The Morgan fingerprint density at radius 2 is 0.653 bits per heavy atom. The van der Waals surface area contributed by atoms with Gasteiger partial charge in [-0.25, -0.2) is 14.4 Å². The number of carboxylic acids is 4. The van der Waals surface area contributed by atoms with Crippen molar-refractivity contribution in [1.29, 1.82) is 0 Å². The second-order valence-corrected chi connectivity index (χ2v) is 12.5. The summed E-state index contributed by atoms with van der Waals surface area (Å²) in [4.78, 5) is 93.0. The summed E-state index contributed by atoms with van der Waals surface area (Å²) >= 11 is 0. The molecule has 49 heavy (non-hydrogen) atoms. The van der Waals surface area contributed by atoms with Crippen LogP contribution in [0.15, 0.2) is 0 Å². The Morgan fingerprint density at radius 3 is 0.939 bits per heavy atom. The first kappa shape index (κ1) is 45.0. The molecular weight excluding hydrogens is 642 g/mol. The number of carbonyl (C=O) groups excluding carboxylic acids is 4. The third-order valence-electron chi connectivity index (χ3n) is 8.05. The standard InChI is InChI=1S/C34H57N3O12/c1-24(38)18-19-25(32(44)45)36-29(40)23-21-27(34(48)49)37-30(41)22-20-26(33(46)47)35-28(39)16-14-12-10-8-6-4-2-3-5-7-9-11-13-15-17-31(42)43/h25-27H,2-23H2,1H3,(H,35,39)(H,36,40)(H,37,41)(H,42,43)(H,44,45)(H,46,47)(H,48,49)/t25-,26-,27?/m0/s1. The summed E-state index contributed by atoms with van der Waals surface area (Å²) in [6, 6.07) is -4.15. The first-order valence-electron chi connectivity index (χ1n) is 17.5. The van der Waals surface area contributed by atoms with E-state index < -0.39 is 72.6 Å². The van der Waals surface area contributed by atoms with E-state index in [-0.39, 0.29) is 44.3 Å². The van der Waals surface area contributed by atoms with Crippen LogP contribution >= 0.6 is 0 Å². The largest absolute Gasteiger partial charge is 0.481 e. The Labute approximate surface area is 288 Å². The summed E-state index contributed by atoms with van der Waals surface area (Å²) < 4.78 is 0. The maximum absolute atomic E-state index is 12.4. The number of Topliss-reactive ketones (excluding diaryl/α,β-unsaturated/α-hetero) is 1. The van der Waals surface area contributed by atoms with Gasteiger partial charge in [0.2, 0.25) is 17.7 Å². The molecule has 15 heteroatoms. The summed E-state index contributed by atoms with van der Waals surface area (Å²) in [6.45, 7) is 1.28. The number of hydrogen-bond acceptors (Lipinski definition) is 8. The van der Waals surface area contributed by atoms with Crippen LogP contribution in [-0.2, 0) is 38.4 Å². The lowest BCUT2D eigenvalue weighted by Crippen LogP contribution is -2.45. The Morgan fingerprint density at radius 1 is 0.388 bits per heavy atom. The molecule has 3 amide bonds. The second kappa shape index (κ2) is 27.9. The average Bonchev–Trinajstić information content (AvgIpc) is 3.02. The van der Waals surface area contributed by atoms with Gasteiger partial charge in [0.05, 0.1) is 0 Å². The number of ketones is 1. The number of unbranched alkanes of at least 4 members (excludes halogenated alkanes) is 13. The number of nitrogens with one attached hydrogen (secondary N) is 3. The van der Waals surface area contributed by atoms with Crippen LogP contribution in [0.2, 0.25) is 0 Å². The number of aliphatic carboxylic acids is 4. The molecule has 0 radical (unpaired) electrons. The van der Waals surface area contributed by atoms with Gasteiger partial charge in [-0.2, -0.15) is 0 Å². The van der Waals surface area contributed by atoms with Crippen LogP contribution in [0, 0.1) is 0 Å². The molecule has 15 nitrogen and oxygen atoms in total. The van der Waals surface area contributed by atoms with Crippen molar-refractivity contribution in [2.45, 2.75) is 166 Å². The Hall–Kier alpha value is -4.04. The highest BCUT2D eigenvalue weighted by Crippen LogP contribution is 2.14. The molecule has 0 aliphatic carbocycles. The van der Waals surface area contributed by atoms with E-state index in [1.165, 1.54) is 32.6 Å². The zero-order chi connectivity index (χ0) is 37.0. The summed E-state index contributed by atoms with van der Waals surface area (Å²) in [5.74, 6) is -7.11. The van der Waals surface area contributed by atoms with E-state index in [9.17, 15) is 53.7 Å². The number of hydrogen-bond donors (Lipinski definition) is 7. The SMILES string of the molecule is CC(=O)CC[C@H](NC(=O)CCC(NC(=O)CC[C@H](NC(=O)CCCCCCCCCCCCCCCCC(=O)O)C(=O)O)C(=O)O)C(=O)O. The van der Waals surface area contributed by atoms with Crippen molar-refractivity contribution in [3.63, 3.8) is 0 Å². The molecule has 1 unspecified atom stereocenters. The van der Waals surface area contributed by atoms with Gasteiger partial charge in [0.1, 0.15) is 23.9 Å². The number of rotatable bonds is 32. The molecule has 0 aromatic rings. The molecular formula is C34H57N3O12.